The predicted molar refractivity (Wildman–Crippen MR) is 154 cm³/mol. The first-order chi connectivity index (χ1) is 18.2. The highest BCUT2D eigenvalue weighted by Crippen LogP contribution is 2.58. The lowest BCUT2D eigenvalue weighted by Gasteiger charge is -2.43. The minimum Gasteiger partial charge on any atom is -0.461 e. The number of unbranched alkanes of at least 4 members (excludes halogenated alkanes) is 2. The molecule has 2 aromatic carbocycles. The maximum Gasteiger partial charge on any atom is 0.370 e. The Balaban J connectivity index is 2.17. The van der Waals surface area contributed by atoms with Crippen LogP contribution < -0.4 is 9.46 Å². The fourth-order valence-corrected chi connectivity index (χ4v) is 7.39. The van der Waals surface area contributed by atoms with Gasteiger partial charge >= 0.3 is 5.97 Å². The highest BCUT2D eigenvalue weighted by molar-refractivity contribution is 8.22. The van der Waals surface area contributed by atoms with E-state index in [1.165, 1.54) is 11.8 Å². The summed E-state index contributed by atoms with van der Waals surface area (Å²) in [7, 11) is -3.44. The van der Waals surface area contributed by atoms with E-state index in [0.29, 0.717) is 22.5 Å². The van der Waals surface area contributed by atoms with Gasteiger partial charge in [-0.15, -0.1) is 22.5 Å². The van der Waals surface area contributed by atoms with E-state index >= 15 is 0 Å². The van der Waals surface area contributed by atoms with Crippen molar-refractivity contribution in [2.45, 2.75) is 87.0 Å². The van der Waals surface area contributed by atoms with E-state index in [1.54, 1.807) is 13.0 Å². The molecule has 0 fully saturated rings. The standard InChI is InChI=1S/C29H40FNO5S2/c1-5-8-15-29(16-9-6-2)19-23(21-13-11-10-12-14-21)22-17-26(37-4)25(18-27(22)38(33,34)31-29)36-20-24(30)28(32)35-7-3/h10-14,17-18,20,23,31,33-34H,5-9,15-16,19H2,1-4H3/b24-20-. The third-order valence-electron chi connectivity index (χ3n) is 6.91. The van der Waals surface area contributed by atoms with E-state index < -0.39 is 28.1 Å². The average molecular weight is 566 g/mol. The molecule has 0 aromatic heterocycles. The molecule has 1 aliphatic rings. The topological polar surface area (TPSA) is 88.0 Å². The number of rotatable bonds is 12. The molecule has 6 nitrogen and oxygen atoms in total. The molecule has 210 valence electrons. The zero-order valence-electron chi connectivity index (χ0n) is 22.7. The van der Waals surface area contributed by atoms with Crippen LogP contribution in [0.15, 0.2) is 64.3 Å². The van der Waals surface area contributed by atoms with Crippen molar-refractivity contribution < 1.29 is 27.8 Å². The molecule has 0 bridgehead atoms. The molecule has 1 atom stereocenters. The van der Waals surface area contributed by atoms with Crippen molar-refractivity contribution >= 4 is 28.5 Å². The molecule has 0 spiro atoms. The second kappa shape index (κ2) is 13.8. The van der Waals surface area contributed by atoms with Gasteiger partial charge in [-0.2, -0.15) is 4.39 Å². The van der Waals surface area contributed by atoms with Crippen LogP contribution in [-0.4, -0.2) is 33.5 Å². The van der Waals surface area contributed by atoms with Crippen molar-refractivity contribution in [1.29, 1.82) is 0 Å². The summed E-state index contributed by atoms with van der Waals surface area (Å²) in [6.45, 7) is 5.92. The van der Waals surface area contributed by atoms with Crippen LogP contribution in [0.3, 0.4) is 0 Å². The number of halogens is 1. The van der Waals surface area contributed by atoms with Crippen LogP contribution in [0.5, 0.6) is 5.75 Å². The zero-order valence-corrected chi connectivity index (χ0v) is 24.3. The van der Waals surface area contributed by atoms with Crippen LogP contribution in [0.4, 0.5) is 4.39 Å². The largest absolute Gasteiger partial charge is 0.461 e. The molecule has 3 N–H and O–H groups in total. The minimum absolute atomic E-state index is 0.0419. The molecule has 1 aliphatic heterocycles. The van der Waals surface area contributed by atoms with Gasteiger partial charge in [-0.1, -0.05) is 69.9 Å². The van der Waals surface area contributed by atoms with Crippen LogP contribution in [0, 0.1) is 0 Å². The highest BCUT2D eigenvalue weighted by Gasteiger charge is 2.43. The van der Waals surface area contributed by atoms with E-state index in [4.69, 9.17) is 4.74 Å². The molecule has 9 heteroatoms. The fraction of sp³-hybridized carbons (Fsp3) is 0.483. The molecule has 0 aliphatic carbocycles. The Bertz CT molecular complexity index is 1100. The Morgan fingerprint density at radius 3 is 2.39 bits per heavy atom. The summed E-state index contributed by atoms with van der Waals surface area (Å²) in [5.74, 6) is -2.13. The average Bonchev–Trinajstić information content (AvgIpc) is 3.01. The lowest BCUT2D eigenvalue weighted by atomic mass is 9.75. The van der Waals surface area contributed by atoms with Crippen molar-refractivity contribution in [3.05, 3.63) is 65.7 Å². The Hall–Kier alpha value is -2.04. The van der Waals surface area contributed by atoms with E-state index in [0.717, 1.165) is 49.7 Å². The van der Waals surface area contributed by atoms with Gasteiger partial charge in [0.1, 0.15) is 12.0 Å². The maximum atomic E-state index is 14.2. The fourth-order valence-electron chi connectivity index (χ4n) is 5.03. The second-order valence-corrected chi connectivity index (χ2v) is 12.2. The Labute approximate surface area is 231 Å². The molecule has 0 saturated carbocycles. The molecule has 2 aromatic rings. The van der Waals surface area contributed by atoms with Crippen molar-refractivity contribution in [3.8, 4) is 5.75 Å². The van der Waals surface area contributed by atoms with Gasteiger partial charge in [-0.25, -0.2) is 9.52 Å². The molecule has 0 saturated heterocycles. The van der Waals surface area contributed by atoms with Crippen LogP contribution in [0.1, 0.15) is 82.8 Å². The molecule has 1 unspecified atom stereocenters. The van der Waals surface area contributed by atoms with Crippen LogP contribution in [0.2, 0.25) is 0 Å². The Kier molecular flexibility index (Phi) is 11.1. The van der Waals surface area contributed by atoms with Gasteiger partial charge in [0.2, 0.25) is 5.83 Å². The Morgan fingerprint density at radius 2 is 1.82 bits per heavy atom. The van der Waals surface area contributed by atoms with Crippen LogP contribution in [0.25, 0.3) is 0 Å². The summed E-state index contributed by atoms with van der Waals surface area (Å²) in [6, 6.07) is 13.6. The molecular weight excluding hydrogens is 525 g/mol. The number of esters is 1. The smallest absolute Gasteiger partial charge is 0.370 e. The zero-order chi connectivity index (χ0) is 27.8. The molecule has 38 heavy (non-hydrogen) atoms. The number of hydrogen-bond donors (Lipinski definition) is 3. The summed E-state index contributed by atoms with van der Waals surface area (Å²) >= 11 is 1.40. The summed E-state index contributed by atoms with van der Waals surface area (Å²) in [5.41, 5.74) is 1.44. The molecular formula is C29H40FNO5S2. The first-order valence-electron chi connectivity index (χ1n) is 13.2. The van der Waals surface area contributed by atoms with E-state index in [9.17, 15) is 18.3 Å². The van der Waals surface area contributed by atoms with Crippen molar-refractivity contribution in [3.63, 3.8) is 0 Å². The minimum atomic E-state index is -3.44. The quantitative estimate of drug-likeness (QED) is 0.103. The molecule has 0 radical (unpaired) electrons. The number of nitrogens with one attached hydrogen (secondary N) is 1. The second-order valence-electron chi connectivity index (χ2n) is 9.65. The van der Waals surface area contributed by atoms with Crippen LogP contribution in [-0.2, 0) is 9.53 Å². The van der Waals surface area contributed by atoms with Gasteiger partial charge in [0, 0.05) is 17.5 Å². The number of benzene rings is 2. The van der Waals surface area contributed by atoms with Gasteiger partial charge in [0.25, 0.3) is 0 Å². The van der Waals surface area contributed by atoms with Gasteiger partial charge in [0.05, 0.1) is 16.4 Å². The lowest BCUT2D eigenvalue weighted by Crippen LogP contribution is -2.46. The van der Waals surface area contributed by atoms with Gasteiger partial charge < -0.3 is 9.47 Å². The lowest BCUT2D eigenvalue weighted by molar-refractivity contribution is -0.140. The van der Waals surface area contributed by atoms with Crippen molar-refractivity contribution in [2.24, 2.45) is 0 Å². The SMILES string of the molecule is CCCCC1(CCCC)CC(c2ccccc2)c2cc(SC)c(O/C=C(\F)C(=O)OCC)cc2S(O)(O)N1. The normalized spacial score (nSPS) is 19.2. The molecule has 1 heterocycles. The van der Waals surface area contributed by atoms with Gasteiger partial charge in [0.15, 0.2) is 0 Å². The van der Waals surface area contributed by atoms with E-state index in [2.05, 4.69) is 35.4 Å². The third-order valence-corrected chi connectivity index (χ3v) is 9.35. The van der Waals surface area contributed by atoms with Crippen LogP contribution >= 0.6 is 22.5 Å². The number of ether oxygens (including phenoxy) is 2. The maximum absolute atomic E-state index is 14.2. The summed E-state index contributed by atoms with van der Waals surface area (Å²) in [5, 5.41) is 0. The number of carbonyl (C=O) groups excluding carboxylic acids is 1. The monoisotopic (exact) mass is 565 g/mol. The van der Waals surface area contributed by atoms with Gasteiger partial charge in [-0.3, -0.25) is 9.11 Å². The number of fused-ring (bicyclic) bond motifs is 1. The van der Waals surface area contributed by atoms with Gasteiger partial charge in [-0.05, 0) is 49.6 Å². The molecule has 3 rings (SSSR count). The first-order valence-corrected chi connectivity index (χ1v) is 16.0. The molecule has 0 amide bonds. The van der Waals surface area contributed by atoms with Crippen molar-refractivity contribution in [1.82, 2.24) is 4.72 Å². The summed E-state index contributed by atoms with van der Waals surface area (Å²) in [4.78, 5) is 12.7. The first kappa shape index (κ1) is 30.5. The van der Waals surface area contributed by atoms with E-state index in [-0.39, 0.29) is 18.3 Å². The Morgan fingerprint density at radius 1 is 1.16 bits per heavy atom. The number of thioether (sulfide) groups is 1. The summed E-state index contributed by atoms with van der Waals surface area (Å²) < 4.78 is 51.1. The third kappa shape index (κ3) is 7.33. The van der Waals surface area contributed by atoms with Crippen molar-refractivity contribution in [2.75, 3.05) is 12.9 Å². The predicted octanol–water partition coefficient (Wildman–Crippen LogP) is 8.43. The highest BCUT2D eigenvalue weighted by atomic mass is 32.3. The number of carbonyl (C=O) groups is 1. The number of hydrogen-bond acceptors (Lipinski definition) is 7. The van der Waals surface area contributed by atoms with E-state index in [1.807, 2.05) is 30.5 Å². The summed E-state index contributed by atoms with van der Waals surface area (Å²) in [6.07, 6.45) is 8.87.